The van der Waals surface area contributed by atoms with Crippen molar-refractivity contribution < 1.29 is 0 Å². The topological polar surface area (TPSA) is 0 Å². The van der Waals surface area contributed by atoms with Crippen LogP contribution in [0.3, 0.4) is 0 Å². The Morgan fingerprint density at radius 2 is 1.44 bits per heavy atom. The van der Waals surface area contributed by atoms with E-state index in [-0.39, 0.29) is 0 Å². The fraction of sp³-hybridized carbons (Fsp3) is 0.750. The molecule has 0 heterocycles. The molecule has 0 spiro atoms. The molecule has 0 atom stereocenters. The molecule has 0 amide bonds. The summed E-state index contributed by atoms with van der Waals surface area (Å²) in [6.45, 7) is 6.61. The van der Waals surface area contributed by atoms with Gasteiger partial charge in [0.15, 0.2) is 0 Å². The van der Waals surface area contributed by atoms with Gasteiger partial charge in [-0.25, -0.2) is 0 Å². The predicted octanol–water partition coefficient (Wildman–Crippen LogP) is 2.62. The first-order chi connectivity index (χ1) is 4.24. The van der Waals surface area contributed by atoms with Crippen molar-refractivity contribution in [1.29, 1.82) is 0 Å². The molecule has 1 radical (unpaired) electrons. The van der Waals surface area contributed by atoms with Crippen LogP contribution in [-0.2, 0) is 0 Å². The van der Waals surface area contributed by atoms with Crippen molar-refractivity contribution in [1.82, 2.24) is 0 Å². The molecular weight excluding hydrogens is 169 g/mol. The normalized spacial score (nSPS) is 10.9. The fourth-order valence-electron chi connectivity index (χ4n) is 1.02. The molecule has 1 heteroatoms. The molecule has 0 bridgehead atoms. The Balaban J connectivity index is 4.04. The van der Waals surface area contributed by atoms with Crippen LogP contribution in [0.1, 0.15) is 20.8 Å². The summed E-state index contributed by atoms with van der Waals surface area (Å²) in [4.78, 5) is 0. The zero-order valence-electron chi connectivity index (χ0n) is 6.62. The Morgan fingerprint density at radius 1 is 1.11 bits per heavy atom. The molecule has 0 aliphatic carbocycles. The van der Waals surface area contributed by atoms with Gasteiger partial charge in [0, 0.05) is 0 Å². The molecule has 0 aromatic carbocycles. The van der Waals surface area contributed by atoms with E-state index in [9.17, 15) is 0 Å². The molecule has 0 N–H and O–H groups in total. The molecular formula is C8H15Ge. The van der Waals surface area contributed by atoms with Gasteiger partial charge in [0.05, 0.1) is 0 Å². The van der Waals surface area contributed by atoms with Crippen LogP contribution in [0.15, 0.2) is 0 Å². The van der Waals surface area contributed by atoms with E-state index < -0.39 is 13.3 Å². The molecule has 0 rings (SSSR count). The van der Waals surface area contributed by atoms with Gasteiger partial charge in [0.2, 0.25) is 0 Å². The molecule has 0 saturated carbocycles. The molecule has 51 valence electrons. The number of rotatable bonds is 3. The second-order valence-corrected chi connectivity index (χ2v) is 12.8. The Morgan fingerprint density at radius 3 is 1.44 bits per heavy atom. The molecule has 9 heavy (non-hydrogen) atoms. The number of hydrogen-bond donors (Lipinski definition) is 0. The summed E-state index contributed by atoms with van der Waals surface area (Å²) in [5, 5.41) is 3.70. The average Bonchev–Trinajstić information content (AvgIpc) is 1.95. The molecule has 0 aliphatic heterocycles. The van der Waals surface area contributed by atoms with Crippen LogP contribution in [-0.4, -0.2) is 13.3 Å². The van der Waals surface area contributed by atoms with E-state index in [1.807, 2.05) is 0 Å². The summed E-state index contributed by atoms with van der Waals surface area (Å²) in [5.74, 6) is 0. The van der Waals surface area contributed by atoms with Crippen molar-refractivity contribution in [2.75, 3.05) is 0 Å². The van der Waals surface area contributed by atoms with E-state index in [1.165, 1.54) is 15.8 Å². The third-order valence-electron chi connectivity index (χ3n) is 2.30. The first kappa shape index (κ1) is 9.10. The second kappa shape index (κ2) is 4.01. The van der Waals surface area contributed by atoms with Gasteiger partial charge in [0.25, 0.3) is 0 Å². The summed E-state index contributed by atoms with van der Waals surface area (Å²) < 4.78 is 2.80. The summed E-state index contributed by atoms with van der Waals surface area (Å²) in [5.41, 5.74) is 0. The molecule has 0 saturated heterocycles. The minimum absolute atomic E-state index is 1.23. The maximum absolute atomic E-state index is 7.14. The van der Waals surface area contributed by atoms with Gasteiger partial charge in [-0.1, -0.05) is 0 Å². The van der Waals surface area contributed by atoms with Crippen molar-refractivity contribution in [3.8, 4) is 4.75 Å². The molecule has 0 unspecified atom stereocenters. The van der Waals surface area contributed by atoms with Gasteiger partial charge in [0.1, 0.15) is 0 Å². The van der Waals surface area contributed by atoms with Gasteiger partial charge in [-0.3, -0.25) is 0 Å². The van der Waals surface area contributed by atoms with E-state index in [4.69, 9.17) is 6.42 Å². The van der Waals surface area contributed by atoms with Gasteiger partial charge in [-0.15, -0.1) is 0 Å². The van der Waals surface area contributed by atoms with E-state index in [2.05, 4.69) is 25.5 Å². The van der Waals surface area contributed by atoms with Crippen LogP contribution in [0.25, 0.3) is 0 Å². The van der Waals surface area contributed by atoms with Gasteiger partial charge < -0.3 is 0 Å². The zero-order chi connectivity index (χ0) is 7.33. The minimum atomic E-state index is -1.75. The van der Waals surface area contributed by atoms with E-state index >= 15 is 0 Å². The van der Waals surface area contributed by atoms with Crippen LogP contribution in [0.2, 0.25) is 15.8 Å². The standard InChI is InChI=1S/C8H15Ge/c1-5-9(6-2,7-3)8-4/h5-7H2,1-3H3. The Hall–Kier alpha value is 0.103. The molecule has 0 nitrogen and oxygen atoms in total. The zero-order valence-corrected chi connectivity index (χ0v) is 8.72. The van der Waals surface area contributed by atoms with Gasteiger partial charge >= 0.3 is 61.0 Å². The van der Waals surface area contributed by atoms with Crippen LogP contribution < -0.4 is 0 Å². The van der Waals surface area contributed by atoms with Crippen molar-refractivity contribution in [3.63, 3.8) is 0 Å². The van der Waals surface area contributed by atoms with Crippen molar-refractivity contribution in [2.24, 2.45) is 0 Å². The third-order valence-corrected chi connectivity index (χ3v) is 11.9. The second-order valence-electron chi connectivity index (χ2n) is 2.47. The Bertz CT molecular complexity index is 98.0. The summed E-state index contributed by atoms with van der Waals surface area (Å²) in [6.07, 6.45) is 7.14. The van der Waals surface area contributed by atoms with Crippen molar-refractivity contribution in [2.45, 2.75) is 36.5 Å². The molecule has 0 aliphatic rings. The Kier molecular flexibility index (Phi) is 4.05. The van der Waals surface area contributed by atoms with Crippen LogP contribution >= 0.6 is 0 Å². The van der Waals surface area contributed by atoms with E-state index in [0.29, 0.717) is 0 Å². The average molecular weight is 184 g/mol. The fourth-order valence-corrected chi connectivity index (χ4v) is 5.27. The van der Waals surface area contributed by atoms with Crippen LogP contribution in [0.5, 0.6) is 0 Å². The quantitative estimate of drug-likeness (QED) is 0.466. The van der Waals surface area contributed by atoms with Gasteiger partial charge in [-0.2, -0.15) is 0 Å². The maximum atomic E-state index is 7.14. The molecule has 0 fully saturated rings. The van der Waals surface area contributed by atoms with Crippen molar-refractivity contribution in [3.05, 3.63) is 6.42 Å². The summed E-state index contributed by atoms with van der Waals surface area (Å²) in [6, 6.07) is 0. The predicted molar refractivity (Wildman–Crippen MR) is 44.3 cm³/mol. The van der Waals surface area contributed by atoms with Gasteiger partial charge in [-0.05, 0) is 0 Å². The Labute approximate surface area is 61.4 Å². The summed E-state index contributed by atoms with van der Waals surface area (Å²) in [7, 11) is 0. The molecule has 0 aromatic rings. The summed E-state index contributed by atoms with van der Waals surface area (Å²) >= 11 is -1.75. The van der Waals surface area contributed by atoms with Crippen LogP contribution in [0.4, 0.5) is 0 Å². The molecule has 0 aromatic heterocycles. The van der Waals surface area contributed by atoms with Crippen molar-refractivity contribution >= 4 is 13.3 Å². The van der Waals surface area contributed by atoms with E-state index in [1.54, 1.807) is 0 Å². The third kappa shape index (κ3) is 2.06. The van der Waals surface area contributed by atoms with E-state index in [0.717, 1.165) is 0 Å². The number of hydrogen-bond acceptors (Lipinski definition) is 0. The van der Waals surface area contributed by atoms with Crippen LogP contribution in [0, 0.1) is 11.2 Å². The first-order valence-corrected chi connectivity index (χ1v) is 9.18. The monoisotopic (exact) mass is 185 g/mol. The SMILES string of the molecule is [C]#[C][Ge]([CH2]C)([CH2]C)[CH2]C. The first-order valence-electron chi connectivity index (χ1n) is 3.68.